The van der Waals surface area contributed by atoms with Gasteiger partial charge in [0.25, 0.3) is 0 Å². The molecule has 4 nitrogen and oxygen atoms in total. The van der Waals surface area contributed by atoms with E-state index in [-0.39, 0.29) is 0 Å². The van der Waals surface area contributed by atoms with Gasteiger partial charge >= 0.3 is 0 Å². The van der Waals surface area contributed by atoms with Gasteiger partial charge in [0, 0.05) is 18.2 Å². The van der Waals surface area contributed by atoms with E-state index in [4.69, 9.17) is 5.73 Å². The summed E-state index contributed by atoms with van der Waals surface area (Å²) < 4.78 is 2.01. The molecule has 0 fully saturated rings. The van der Waals surface area contributed by atoms with Crippen molar-refractivity contribution < 1.29 is 0 Å². The van der Waals surface area contributed by atoms with Crippen molar-refractivity contribution in [3.8, 4) is 0 Å². The fourth-order valence-electron chi connectivity index (χ4n) is 1.91. The number of nitrogens with zero attached hydrogens (tertiary/aromatic N) is 3. The molecule has 0 spiro atoms. The lowest BCUT2D eigenvalue weighted by Gasteiger charge is -2.20. The Bertz CT molecular complexity index is 447. The number of nitrogens with two attached hydrogens (primary N) is 1. The zero-order chi connectivity index (χ0) is 10.8. The summed E-state index contributed by atoms with van der Waals surface area (Å²) in [5.41, 5.74) is 7.88. The van der Waals surface area contributed by atoms with Crippen LogP contribution in [-0.4, -0.2) is 21.1 Å². The van der Waals surface area contributed by atoms with E-state index >= 15 is 0 Å². The van der Waals surface area contributed by atoms with Gasteiger partial charge in [-0.3, -0.25) is 4.40 Å². The summed E-state index contributed by atoms with van der Waals surface area (Å²) in [7, 11) is 0. The molecule has 2 aromatic heterocycles. The number of fused-ring (bicyclic) bond motifs is 1. The van der Waals surface area contributed by atoms with E-state index in [1.807, 2.05) is 16.5 Å². The molecule has 0 saturated heterocycles. The highest BCUT2D eigenvalue weighted by Crippen LogP contribution is 2.23. The zero-order valence-electron chi connectivity index (χ0n) is 9.09. The predicted molar refractivity (Wildman–Crippen MR) is 59.6 cm³/mol. The van der Waals surface area contributed by atoms with Gasteiger partial charge in [0.05, 0.1) is 0 Å². The summed E-state index contributed by atoms with van der Waals surface area (Å²) in [6, 6.07) is 6.04. The van der Waals surface area contributed by atoms with Gasteiger partial charge in [-0.2, -0.15) is 0 Å². The topological polar surface area (TPSA) is 56.2 Å². The average molecular weight is 204 g/mol. The molecule has 0 saturated carbocycles. The molecule has 0 amide bonds. The molecule has 0 radical (unpaired) electrons. The Morgan fingerprint density at radius 1 is 1.40 bits per heavy atom. The maximum Gasteiger partial charge on any atom is 0.160 e. The molecule has 1 unspecified atom stereocenters. The Labute approximate surface area is 89.1 Å². The highest BCUT2D eigenvalue weighted by molar-refractivity contribution is 5.39. The minimum absolute atomic E-state index is 0.352. The van der Waals surface area contributed by atoms with Crippen molar-refractivity contribution in [3.63, 3.8) is 0 Å². The van der Waals surface area contributed by atoms with Crippen molar-refractivity contribution >= 4 is 5.65 Å². The number of hydrogen-bond acceptors (Lipinski definition) is 3. The van der Waals surface area contributed by atoms with Gasteiger partial charge in [-0.1, -0.05) is 19.9 Å². The first kappa shape index (κ1) is 10.1. The fourth-order valence-corrected chi connectivity index (χ4v) is 1.91. The normalized spacial score (nSPS) is 13.6. The van der Waals surface area contributed by atoms with Crippen LogP contribution in [0.25, 0.3) is 5.65 Å². The minimum Gasteiger partial charge on any atom is -0.330 e. The molecule has 80 valence electrons. The van der Waals surface area contributed by atoms with Crippen molar-refractivity contribution in [1.82, 2.24) is 14.6 Å². The Kier molecular flexibility index (Phi) is 2.68. The predicted octanol–water partition coefficient (Wildman–Crippen LogP) is 1.43. The van der Waals surface area contributed by atoms with Crippen LogP contribution in [0.3, 0.4) is 0 Å². The van der Waals surface area contributed by atoms with Crippen LogP contribution in [0.1, 0.15) is 25.5 Å². The summed E-state index contributed by atoms with van der Waals surface area (Å²) in [6.07, 6.45) is 1.75. The van der Waals surface area contributed by atoms with Crippen LogP contribution in [0.2, 0.25) is 0 Å². The third-order valence-corrected chi connectivity index (χ3v) is 2.80. The molecule has 0 bridgehead atoms. The second-order valence-electron chi connectivity index (χ2n) is 4.10. The number of pyridine rings is 1. The lowest BCUT2D eigenvalue weighted by molar-refractivity contribution is 0.491. The summed E-state index contributed by atoms with van der Waals surface area (Å²) in [5.74, 6) is 0.868. The van der Waals surface area contributed by atoms with Crippen molar-refractivity contribution in [2.45, 2.75) is 19.8 Å². The highest BCUT2D eigenvalue weighted by atomic mass is 15.2. The standard InChI is InChI=1S/C11H16N4/c1-8(2)9(6-12)10-4-3-5-11-14-13-7-15(10)11/h3-5,7-9H,6,12H2,1-2H3. The largest absolute Gasteiger partial charge is 0.330 e. The van der Waals surface area contributed by atoms with E-state index in [2.05, 4.69) is 30.1 Å². The summed E-state index contributed by atoms with van der Waals surface area (Å²) >= 11 is 0. The smallest absolute Gasteiger partial charge is 0.160 e. The van der Waals surface area contributed by atoms with E-state index in [0.29, 0.717) is 18.4 Å². The van der Waals surface area contributed by atoms with Gasteiger partial charge in [0.2, 0.25) is 0 Å². The molecular weight excluding hydrogens is 188 g/mol. The summed E-state index contributed by atoms with van der Waals surface area (Å²) in [4.78, 5) is 0. The van der Waals surface area contributed by atoms with E-state index in [1.165, 1.54) is 5.69 Å². The van der Waals surface area contributed by atoms with Gasteiger partial charge in [0.15, 0.2) is 5.65 Å². The molecule has 2 heterocycles. The van der Waals surface area contributed by atoms with Crippen molar-refractivity contribution in [1.29, 1.82) is 0 Å². The Hall–Kier alpha value is -1.42. The highest BCUT2D eigenvalue weighted by Gasteiger charge is 2.16. The molecule has 2 aromatic rings. The first-order chi connectivity index (χ1) is 7.24. The van der Waals surface area contributed by atoms with Crippen molar-refractivity contribution in [2.24, 2.45) is 11.7 Å². The van der Waals surface area contributed by atoms with Gasteiger partial charge in [-0.15, -0.1) is 10.2 Å². The van der Waals surface area contributed by atoms with Crippen molar-refractivity contribution in [3.05, 3.63) is 30.2 Å². The van der Waals surface area contributed by atoms with Gasteiger partial charge in [-0.05, 0) is 18.1 Å². The Balaban J connectivity index is 2.54. The summed E-state index contributed by atoms with van der Waals surface area (Å²) in [5, 5.41) is 7.94. The second kappa shape index (κ2) is 3.98. The molecule has 1 atom stereocenters. The maximum absolute atomic E-state index is 5.81. The van der Waals surface area contributed by atoms with E-state index < -0.39 is 0 Å². The average Bonchev–Trinajstić information content (AvgIpc) is 2.66. The quantitative estimate of drug-likeness (QED) is 0.822. The SMILES string of the molecule is CC(C)C(CN)c1cccc2nncn12. The molecular formula is C11H16N4. The lowest BCUT2D eigenvalue weighted by Crippen LogP contribution is -2.20. The molecule has 2 N–H and O–H groups in total. The molecule has 2 rings (SSSR count). The first-order valence-electron chi connectivity index (χ1n) is 5.22. The van der Waals surface area contributed by atoms with Crippen LogP contribution >= 0.6 is 0 Å². The zero-order valence-corrected chi connectivity index (χ0v) is 9.09. The number of rotatable bonds is 3. The van der Waals surface area contributed by atoms with Crippen LogP contribution in [-0.2, 0) is 0 Å². The van der Waals surface area contributed by atoms with Crippen LogP contribution < -0.4 is 5.73 Å². The van der Waals surface area contributed by atoms with Crippen molar-refractivity contribution in [2.75, 3.05) is 6.54 Å². The molecule has 0 aliphatic carbocycles. The van der Waals surface area contributed by atoms with E-state index in [1.54, 1.807) is 6.33 Å². The molecule has 0 aromatic carbocycles. The van der Waals surface area contributed by atoms with Gasteiger partial charge < -0.3 is 5.73 Å². The second-order valence-corrected chi connectivity index (χ2v) is 4.10. The summed E-state index contributed by atoms with van der Waals surface area (Å²) in [6.45, 7) is 5.01. The van der Waals surface area contributed by atoms with Crippen LogP contribution in [0.4, 0.5) is 0 Å². The van der Waals surface area contributed by atoms with Crippen LogP contribution in [0, 0.1) is 5.92 Å². The Morgan fingerprint density at radius 3 is 2.87 bits per heavy atom. The van der Waals surface area contributed by atoms with Crippen LogP contribution in [0.15, 0.2) is 24.5 Å². The van der Waals surface area contributed by atoms with Crippen LogP contribution in [0.5, 0.6) is 0 Å². The third kappa shape index (κ3) is 1.72. The third-order valence-electron chi connectivity index (χ3n) is 2.80. The monoisotopic (exact) mass is 204 g/mol. The number of hydrogen-bond donors (Lipinski definition) is 1. The molecule has 4 heteroatoms. The first-order valence-corrected chi connectivity index (χ1v) is 5.22. The molecule has 0 aliphatic heterocycles. The van der Waals surface area contributed by atoms with E-state index in [9.17, 15) is 0 Å². The fraction of sp³-hybridized carbons (Fsp3) is 0.455. The Morgan fingerprint density at radius 2 is 2.20 bits per heavy atom. The number of aromatic nitrogens is 3. The van der Waals surface area contributed by atoms with Gasteiger partial charge in [-0.25, -0.2) is 0 Å². The molecule has 15 heavy (non-hydrogen) atoms. The van der Waals surface area contributed by atoms with E-state index in [0.717, 1.165) is 5.65 Å². The lowest BCUT2D eigenvalue weighted by atomic mass is 9.92. The maximum atomic E-state index is 5.81. The minimum atomic E-state index is 0.352. The van der Waals surface area contributed by atoms with Gasteiger partial charge in [0.1, 0.15) is 6.33 Å². The molecule has 0 aliphatic rings.